The Kier molecular flexibility index (Phi) is 7.01. The lowest BCUT2D eigenvalue weighted by Gasteiger charge is -2.32. The van der Waals surface area contributed by atoms with Gasteiger partial charge in [-0.25, -0.2) is 0 Å². The summed E-state index contributed by atoms with van der Waals surface area (Å²) >= 11 is 0. The van der Waals surface area contributed by atoms with Gasteiger partial charge in [0.25, 0.3) is 0 Å². The second-order valence-corrected chi connectivity index (χ2v) is 7.20. The van der Waals surface area contributed by atoms with Crippen molar-refractivity contribution in [2.45, 2.75) is 52.9 Å². The van der Waals surface area contributed by atoms with Crippen molar-refractivity contribution in [3.05, 3.63) is 0 Å². The smallest absolute Gasteiger partial charge is 0.132 e. The van der Waals surface area contributed by atoms with Gasteiger partial charge in [-0.1, -0.05) is 20.8 Å². The monoisotopic (exact) mass is 268 g/mol. The second-order valence-electron chi connectivity index (χ2n) is 7.20. The average molecular weight is 268 g/mol. The normalized spacial score (nSPS) is 18.7. The first-order valence-electron chi connectivity index (χ1n) is 7.79. The lowest BCUT2D eigenvalue weighted by Crippen LogP contribution is -2.44. The van der Waals surface area contributed by atoms with Crippen molar-refractivity contribution in [2.75, 3.05) is 39.8 Å². The van der Waals surface area contributed by atoms with E-state index in [1.54, 1.807) is 0 Å². The number of carbonyl (C=O) groups is 1. The minimum Gasteiger partial charge on any atom is -0.304 e. The summed E-state index contributed by atoms with van der Waals surface area (Å²) < 4.78 is 0. The minimum atomic E-state index is 0.361. The number of hydrogen-bond donors (Lipinski definition) is 0. The van der Waals surface area contributed by atoms with Crippen molar-refractivity contribution >= 4 is 5.78 Å². The first-order valence-corrected chi connectivity index (χ1v) is 7.79. The molecule has 1 aliphatic rings. The van der Waals surface area contributed by atoms with Gasteiger partial charge in [-0.2, -0.15) is 0 Å². The van der Waals surface area contributed by atoms with Gasteiger partial charge >= 0.3 is 0 Å². The molecule has 1 aliphatic heterocycles. The third-order valence-electron chi connectivity index (χ3n) is 3.91. The molecule has 112 valence electrons. The summed E-state index contributed by atoms with van der Waals surface area (Å²) in [5, 5.41) is 0. The summed E-state index contributed by atoms with van der Waals surface area (Å²) in [4.78, 5) is 16.7. The summed E-state index contributed by atoms with van der Waals surface area (Å²) in [6.07, 6.45) is 4.79. The largest absolute Gasteiger partial charge is 0.304 e. The van der Waals surface area contributed by atoms with Gasteiger partial charge < -0.3 is 9.80 Å². The number of rotatable bonds is 7. The highest BCUT2D eigenvalue weighted by molar-refractivity contribution is 5.78. The van der Waals surface area contributed by atoms with Gasteiger partial charge in [-0.15, -0.1) is 0 Å². The number of nitrogens with zero attached hydrogens (tertiary/aromatic N) is 2. The van der Waals surface area contributed by atoms with Crippen LogP contribution in [0.4, 0.5) is 0 Å². The third kappa shape index (κ3) is 8.38. The highest BCUT2D eigenvalue weighted by atomic mass is 16.1. The zero-order valence-corrected chi connectivity index (χ0v) is 13.4. The van der Waals surface area contributed by atoms with Crippen molar-refractivity contribution in [1.82, 2.24) is 9.80 Å². The minimum absolute atomic E-state index is 0.361. The van der Waals surface area contributed by atoms with Gasteiger partial charge in [0.2, 0.25) is 0 Å². The van der Waals surface area contributed by atoms with E-state index in [4.69, 9.17) is 0 Å². The molecule has 0 N–H and O–H groups in total. The van der Waals surface area contributed by atoms with E-state index >= 15 is 0 Å². The van der Waals surface area contributed by atoms with Gasteiger partial charge in [-0.3, -0.25) is 4.79 Å². The zero-order chi connectivity index (χ0) is 14.3. The molecule has 1 rings (SSSR count). The van der Waals surface area contributed by atoms with Crippen LogP contribution in [0.3, 0.4) is 0 Å². The Balaban J connectivity index is 2.01. The average Bonchev–Trinajstić information content (AvgIpc) is 2.30. The van der Waals surface area contributed by atoms with Gasteiger partial charge in [0, 0.05) is 39.0 Å². The second kappa shape index (κ2) is 8.01. The molecule has 0 aromatic carbocycles. The Morgan fingerprint density at radius 1 is 1.00 bits per heavy atom. The van der Waals surface area contributed by atoms with Crippen LogP contribution < -0.4 is 0 Å². The van der Waals surface area contributed by atoms with Gasteiger partial charge in [0.1, 0.15) is 5.78 Å². The summed E-state index contributed by atoms with van der Waals surface area (Å²) in [5.41, 5.74) is 0.361. The fraction of sp³-hybridized carbons (Fsp3) is 0.938. The molecule has 0 bridgehead atoms. The zero-order valence-electron chi connectivity index (χ0n) is 13.4. The Morgan fingerprint density at radius 2 is 1.58 bits per heavy atom. The fourth-order valence-electron chi connectivity index (χ4n) is 2.51. The van der Waals surface area contributed by atoms with E-state index < -0.39 is 0 Å². The Bertz CT molecular complexity index is 262. The van der Waals surface area contributed by atoms with Crippen LogP contribution in [0.25, 0.3) is 0 Å². The third-order valence-corrected chi connectivity index (χ3v) is 3.91. The quantitative estimate of drug-likeness (QED) is 0.709. The summed E-state index contributed by atoms with van der Waals surface area (Å²) in [6, 6.07) is 0. The molecule has 0 amide bonds. The van der Waals surface area contributed by atoms with Crippen molar-refractivity contribution in [2.24, 2.45) is 5.41 Å². The van der Waals surface area contributed by atoms with Crippen LogP contribution in [-0.2, 0) is 4.79 Å². The number of Topliss-reactive ketones (excluding diaryl/α,β-unsaturated/α-hetero) is 1. The topological polar surface area (TPSA) is 23.6 Å². The van der Waals surface area contributed by atoms with Gasteiger partial charge in [-0.05, 0) is 38.3 Å². The summed E-state index contributed by atoms with van der Waals surface area (Å²) in [6.45, 7) is 12.5. The van der Waals surface area contributed by atoms with Crippen molar-refractivity contribution < 1.29 is 4.79 Å². The van der Waals surface area contributed by atoms with Crippen molar-refractivity contribution in [1.29, 1.82) is 0 Å². The molecule has 0 atom stereocenters. The molecule has 19 heavy (non-hydrogen) atoms. The van der Waals surface area contributed by atoms with E-state index in [1.807, 2.05) is 0 Å². The number of ketones is 1. The molecule has 0 radical (unpaired) electrons. The van der Waals surface area contributed by atoms with Crippen LogP contribution in [0, 0.1) is 5.41 Å². The van der Waals surface area contributed by atoms with Crippen LogP contribution in [0.2, 0.25) is 0 Å². The van der Waals surface area contributed by atoms with Crippen molar-refractivity contribution in [3.63, 3.8) is 0 Å². The number of hydrogen-bond acceptors (Lipinski definition) is 3. The molecule has 0 aromatic heterocycles. The molecule has 3 nitrogen and oxygen atoms in total. The first-order chi connectivity index (χ1) is 8.87. The maximum atomic E-state index is 11.8. The molecule has 1 heterocycles. The molecular weight excluding hydrogens is 236 g/mol. The first kappa shape index (κ1) is 16.6. The van der Waals surface area contributed by atoms with E-state index in [-0.39, 0.29) is 0 Å². The van der Waals surface area contributed by atoms with E-state index in [9.17, 15) is 4.79 Å². The van der Waals surface area contributed by atoms with Crippen LogP contribution in [0.15, 0.2) is 0 Å². The maximum Gasteiger partial charge on any atom is 0.132 e. The lowest BCUT2D eigenvalue weighted by molar-refractivity contribution is -0.119. The van der Waals surface area contributed by atoms with Gasteiger partial charge in [0.15, 0.2) is 0 Å². The van der Waals surface area contributed by atoms with Crippen LogP contribution in [-0.4, -0.2) is 55.4 Å². The SMILES string of the molecule is CN1CCN(CCCC(=O)CCCC(C)(C)C)CC1. The summed E-state index contributed by atoms with van der Waals surface area (Å²) in [5.74, 6) is 0.457. The molecule has 3 heteroatoms. The maximum absolute atomic E-state index is 11.8. The van der Waals surface area contributed by atoms with Crippen LogP contribution >= 0.6 is 0 Å². The number of piperazine rings is 1. The fourth-order valence-corrected chi connectivity index (χ4v) is 2.51. The molecule has 0 aromatic rings. The molecule has 0 spiro atoms. The Hall–Kier alpha value is -0.410. The lowest BCUT2D eigenvalue weighted by atomic mass is 9.89. The molecule has 1 fully saturated rings. The Morgan fingerprint density at radius 3 is 2.16 bits per heavy atom. The molecule has 0 saturated carbocycles. The van der Waals surface area contributed by atoms with Crippen LogP contribution in [0.1, 0.15) is 52.9 Å². The predicted molar refractivity (Wildman–Crippen MR) is 81.5 cm³/mol. The van der Waals surface area contributed by atoms with Crippen LogP contribution in [0.5, 0.6) is 0 Å². The predicted octanol–water partition coefficient (Wildman–Crippen LogP) is 2.80. The number of carbonyl (C=O) groups excluding carboxylic acids is 1. The van der Waals surface area contributed by atoms with E-state index in [1.165, 1.54) is 13.1 Å². The van der Waals surface area contributed by atoms with E-state index in [0.29, 0.717) is 11.2 Å². The summed E-state index contributed by atoms with van der Waals surface area (Å²) in [7, 11) is 2.18. The molecule has 1 saturated heterocycles. The highest BCUT2D eigenvalue weighted by Gasteiger charge is 2.14. The molecular formula is C16H32N2O. The highest BCUT2D eigenvalue weighted by Crippen LogP contribution is 2.21. The van der Waals surface area contributed by atoms with E-state index in [0.717, 1.165) is 51.7 Å². The molecule has 0 unspecified atom stereocenters. The van der Waals surface area contributed by atoms with E-state index in [2.05, 4.69) is 37.6 Å². The van der Waals surface area contributed by atoms with Gasteiger partial charge in [0.05, 0.1) is 0 Å². The Labute approximate surface area is 119 Å². The number of likely N-dealkylation sites (N-methyl/N-ethyl adjacent to an activating group) is 1. The molecule has 0 aliphatic carbocycles. The standard InChI is InChI=1S/C16H32N2O/c1-16(2,3)9-5-7-15(19)8-6-10-18-13-11-17(4)12-14-18/h5-14H2,1-4H3. The van der Waals surface area contributed by atoms with Crippen molar-refractivity contribution in [3.8, 4) is 0 Å².